The van der Waals surface area contributed by atoms with Crippen LogP contribution in [0.2, 0.25) is 0 Å². The van der Waals surface area contributed by atoms with Crippen LogP contribution in [0, 0.1) is 0 Å². The second kappa shape index (κ2) is 1.98. The predicted molar refractivity (Wildman–Crippen MR) is 59.9 cm³/mol. The van der Waals surface area contributed by atoms with E-state index in [-0.39, 0.29) is 0 Å². The lowest BCUT2D eigenvalue weighted by molar-refractivity contribution is 1.71. The maximum absolute atomic E-state index is 2.22. The van der Waals surface area contributed by atoms with E-state index >= 15 is 0 Å². The van der Waals surface area contributed by atoms with Crippen molar-refractivity contribution < 1.29 is 0 Å². The molecule has 0 atom stereocenters. The lowest BCUT2D eigenvalue weighted by Gasteiger charge is -2.08. The van der Waals surface area contributed by atoms with E-state index in [1.54, 1.807) is 0 Å². The first-order valence-corrected chi connectivity index (χ1v) is 4.90. The summed E-state index contributed by atoms with van der Waals surface area (Å²) >= 11 is 0. The molecule has 0 saturated carbocycles. The Labute approximate surface area is 82.2 Å². The Morgan fingerprint density at radius 2 is 1.21 bits per heavy atom. The number of fused-ring (bicyclic) bond motifs is 2. The summed E-state index contributed by atoms with van der Waals surface area (Å²) in [7, 11) is 0. The SMILES string of the molecule is C1=CC2=C1c1cccc3cccc2c13. The van der Waals surface area contributed by atoms with Crippen LogP contribution in [0.1, 0.15) is 11.1 Å². The number of benzene rings is 2. The van der Waals surface area contributed by atoms with Gasteiger partial charge in [0.05, 0.1) is 0 Å². The molecular formula is C14H8. The van der Waals surface area contributed by atoms with E-state index in [2.05, 4.69) is 48.6 Å². The average Bonchev–Trinajstić information content (AvgIpc) is 2.36. The van der Waals surface area contributed by atoms with Gasteiger partial charge in [0.25, 0.3) is 0 Å². The van der Waals surface area contributed by atoms with Gasteiger partial charge in [-0.1, -0.05) is 48.6 Å². The quantitative estimate of drug-likeness (QED) is 0.575. The minimum atomic E-state index is 1.36. The molecule has 64 valence electrons. The Balaban J connectivity index is 2.31. The maximum Gasteiger partial charge on any atom is -0.00264 e. The standard InChI is InChI=1S/C14H8/c1-3-9-4-2-6-13-11-8-7-10(11)12(5-1)14(9)13/h1-8H. The highest BCUT2D eigenvalue weighted by Gasteiger charge is 2.24. The normalized spacial score (nSPS) is 16.0. The first-order valence-electron chi connectivity index (χ1n) is 4.90. The van der Waals surface area contributed by atoms with E-state index in [0.717, 1.165) is 0 Å². The Bertz CT molecular complexity index is 577. The summed E-state index contributed by atoms with van der Waals surface area (Å²) in [5.41, 5.74) is 5.68. The van der Waals surface area contributed by atoms with Crippen LogP contribution in [-0.4, -0.2) is 0 Å². The predicted octanol–water partition coefficient (Wildman–Crippen LogP) is 3.63. The highest BCUT2D eigenvalue weighted by molar-refractivity contribution is 6.22. The summed E-state index contributed by atoms with van der Waals surface area (Å²) in [6.45, 7) is 0. The van der Waals surface area contributed by atoms with Crippen molar-refractivity contribution in [1.29, 1.82) is 0 Å². The van der Waals surface area contributed by atoms with E-state index in [9.17, 15) is 0 Å². The van der Waals surface area contributed by atoms with Gasteiger partial charge in [0.1, 0.15) is 0 Å². The maximum atomic E-state index is 2.22. The van der Waals surface area contributed by atoms with Gasteiger partial charge in [-0.05, 0) is 33.0 Å². The molecule has 0 amide bonds. The van der Waals surface area contributed by atoms with Gasteiger partial charge in [0, 0.05) is 0 Å². The van der Waals surface area contributed by atoms with E-state index in [4.69, 9.17) is 0 Å². The van der Waals surface area contributed by atoms with E-state index in [1.165, 1.54) is 33.0 Å². The third kappa shape index (κ3) is 0.559. The molecule has 2 aromatic carbocycles. The summed E-state index contributed by atoms with van der Waals surface area (Å²) < 4.78 is 0. The zero-order valence-corrected chi connectivity index (χ0v) is 7.62. The van der Waals surface area contributed by atoms with Gasteiger partial charge in [-0.3, -0.25) is 0 Å². The van der Waals surface area contributed by atoms with Gasteiger partial charge in [0.15, 0.2) is 0 Å². The average molecular weight is 176 g/mol. The van der Waals surface area contributed by atoms with Gasteiger partial charge in [0.2, 0.25) is 0 Å². The molecule has 0 bridgehead atoms. The molecular weight excluding hydrogens is 168 g/mol. The van der Waals surface area contributed by atoms with Gasteiger partial charge in [-0.15, -0.1) is 0 Å². The fourth-order valence-corrected chi connectivity index (χ4v) is 2.51. The molecule has 0 spiro atoms. The van der Waals surface area contributed by atoms with Crippen LogP contribution in [0.25, 0.3) is 21.9 Å². The molecule has 2 aliphatic carbocycles. The van der Waals surface area contributed by atoms with Gasteiger partial charge in [-0.2, -0.15) is 0 Å². The number of allylic oxidation sites excluding steroid dienone is 4. The summed E-state index contributed by atoms with van der Waals surface area (Å²) in [5, 5.41) is 2.79. The van der Waals surface area contributed by atoms with Crippen LogP contribution in [0.3, 0.4) is 0 Å². The second-order valence-electron chi connectivity index (χ2n) is 3.87. The number of hydrogen-bond donors (Lipinski definition) is 0. The molecule has 4 rings (SSSR count). The van der Waals surface area contributed by atoms with Gasteiger partial charge >= 0.3 is 0 Å². The Kier molecular flexibility index (Phi) is 0.935. The number of rotatable bonds is 0. The van der Waals surface area contributed by atoms with Crippen molar-refractivity contribution in [2.75, 3.05) is 0 Å². The summed E-state index contributed by atoms with van der Waals surface area (Å²) in [6, 6.07) is 13.1. The fourth-order valence-electron chi connectivity index (χ4n) is 2.51. The van der Waals surface area contributed by atoms with E-state index in [0.29, 0.717) is 0 Å². The molecule has 0 heterocycles. The second-order valence-corrected chi connectivity index (χ2v) is 3.87. The van der Waals surface area contributed by atoms with Crippen molar-refractivity contribution in [3.63, 3.8) is 0 Å². The molecule has 0 aromatic heterocycles. The Morgan fingerprint density at radius 3 is 1.71 bits per heavy atom. The molecule has 0 saturated heterocycles. The minimum absolute atomic E-state index is 1.36. The van der Waals surface area contributed by atoms with Crippen LogP contribution in [0.5, 0.6) is 0 Å². The Hall–Kier alpha value is -1.82. The zero-order valence-electron chi connectivity index (χ0n) is 7.62. The molecule has 0 heteroatoms. The van der Waals surface area contributed by atoms with Gasteiger partial charge in [-0.25, -0.2) is 0 Å². The summed E-state index contributed by atoms with van der Waals surface area (Å²) in [6.07, 6.45) is 4.42. The van der Waals surface area contributed by atoms with Crippen molar-refractivity contribution >= 4 is 21.9 Å². The first kappa shape index (κ1) is 6.61. The Morgan fingerprint density at radius 1 is 0.643 bits per heavy atom. The van der Waals surface area contributed by atoms with Crippen molar-refractivity contribution in [2.24, 2.45) is 0 Å². The lowest BCUT2D eigenvalue weighted by Crippen LogP contribution is -1.85. The van der Waals surface area contributed by atoms with Crippen molar-refractivity contribution in [2.45, 2.75) is 0 Å². The topological polar surface area (TPSA) is 0 Å². The largest absolute Gasteiger partial charge is 0.0610 e. The van der Waals surface area contributed by atoms with E-state index < -0.39 is 0 Å². The molecule has 2 aliphatic rings. The van der Waals surface area contributed by atoms with Crippen molar-refractivity contribution in [3.05, 3.63) is 59.7 Å². The van der Waals surface area contributed by atoms with Gasteiger partial charge < -0.3 is 0 Å². The van der Waals surface area contributed by atoms with Crippen LogP contribution in [-0.2, 0) is 0 Å². The van der Waals surface area contributed by atoms with Crippen LogP contribution in [0.4, 0.5) is 0 Å². The third-order valence-corrected chi connectivity index (χ3v) is 3.19. The molecule has 2 aromatic rings. The van der Waals surface area contributed by atoms with Crippen molar-refractivity contribution in [3.8, 4) is 0 Å². The highest BCUT2D eigenvalue weighted by atomic mass is 14.3. The minimum Gasteiger partial charge on any atom is -0.0610 e. The molecule has 0 fully saturated rings. The summed E-state index contributed by atoms with van der Waals surface area (Å²) in [5.74, 6) is 0. The highest BCUT2D eigenvalue weighted by Crippen LogP contribution is 2.47. The van der Waals surface area contributed by atoms with Crippen LogP contribution < -0.4 is 0 Å². The molecule has 0 nitrogen and oxygen atoms in total. The molecule has 0 N–H and O–H groups in total. The lowest BCUT2D eigenvalue weighted by atomic mass is 9.96. The first-order chi connectivity index (χ1) is 6.95. The smallest absolute Gasteiger partial charge is 0.00264 e. The third-order valence-electron chi connectivity index (χ3n) is 3.19. The number of hydrogen-bond acceptors (Lipinski definition) is 0. The zero-order chi connectivity index (χ0) is 9.12. The molecule has 0 aliphatic heterocycles. The monoisotopic (exact) mass is 176 g/mol. The summed E-state index contributed by atoms with van der Waals surface area (Å²) in [4.78, 5) is 0. The van der Waals surface area contributed by atoms with Crippen molar-refractivity contribution in [1.82, 2.24) is 0 Å². The van der Waals surface area contributed by atoms with Crippen LogP contribution >= 0.6 is 0 Å². The molecule has 14 heavy (non-hydrogen) atoms. The molecule has 0 radical (unpaired) electrons. The molecule has 0 unspecified atom stereocenters. The van der Waals surface area contributed by atoms with E-state index in [1.807, 2.05) is 0 Å². The fraction of sp³-hybridized carbons (Fsp3) is 0. The van der Waals surface area contributed by atoms with Crippen LogP contribution in [0.15, 0.2) is 48.6 Å².